The van der Waals surface area contributed by atoms with Gasteiger partial charge < -0.3 is 9.47 Å². The van der Waals surface area contributed by atoms with Crippen LogP contribution in [-0.4, -0.2) is 42.5 Å². The van der Waals surface area contributed by atoms with Gasteiger partial charge in [0.25, 0.3) is 0 Å². The van der Waals surface area contributed by atoms with Crippen molar-refractivity contribution < 1.29 is 40.8 Å². The number of phosphoric ester groups is 1. The maximum atomic E-state index is 14.0. The summed E-state index contributed by atoms with van der Waals surface area (Å²) >= 11 is 0. The van der Waals surface area contributed by atoms with E-state index in [9.17, 15) is 17.7 Å². The first-order valence-corrected chi connectivity index (χ1v) is 15.9. The molecule has 0 bridgehead atoms. The van der Waals surface area contributed by atoms with Crippen molar-refractivity contribution in [2.75, 3.05) is 19.8 Å². The minimum absolute atomic E-state index is 0.132. The molecule has 0 radical (unpaired) electrons. The lowest BCUT2D eigenvalue weighted by Crippen LogP contribution is -2.36. The molecule has 0 fully saturated rings. The first-order chi connectivity index (χ1) is 18.7. The fraction of sp³-hybridized carbons (Fsp3) is 0.767. The summed E-state index contributed by atoms with van der Waals surface area (Å²) in [6.07, 6.45) is 0.110. The van der Waals surface area contributed by atoms with Gasteiger partial charge in [0.15, 0.2) is 5.90 Å². The van der Waals surface area contributed by atoms with Crippen LogP contribution in [0.3, 0.4) is 0 Å². The molecule has 0 aliphatic carbocycles. The zero-order valence-corrected chi connectivity index (χ0v) is 27.0. The van der Waals surface area contributed by atoms with Gasteiger partial charge in [-0.2, -0.15) is 13.2 Å². The third-order valence-corrected chi connectivity index (χ3v) is 8.25. The predicted molar refractivity (Wildman–Crippen MR) is 156 cm³/mol. The molecule has 2 rings (SSSR count). The molecule has 0 saturated heterocycles. The van der Waals surface area contributed by atoms with Gasteiger partial charge in [0.2, 0.25) is 0 Å². The van der Waals surface area contributed by atoms with Crippen LogP contribution in [0.1, 0.15) is 106 Å². The number of alkyl halides is 3. The van der Waals surface area contributed by atoms with Crippen LogP contribution in [0.4, 0.5) is 13.2 Å². The first kappa shape index (κ1) is 35.6. The van der Waals surface area contributed by atoms with Gasteiger partial charge in [-0.3, -0.25) is 13.6 Å². The summed E-state index contributed by atoms with van der Waals surface area (Å²) in [5.41, 5.74) is -2.93. The van der Waals surface area contributed by atoms with Crippen LogP contribution in [-0.2, 0) is 35.5 Å². The molecule has 0 saturated carbocycles. The van der Waals surface area contributed by atoms with Crippen molar-refractivity contribution in [3.8, 4) is 5.75 Å². The monoisotopic (exact) mass is 607 g/mol. The minimum atomic E-state index is -4.57. The number of aryl methyl sites for hydroxylation is 1. The molecule has 0 aromatic heterocycles. The van der Waals surface area contributed by atoms with E-state index in [2.05, 4.69) is 11.9 Å². The van der Waals surface area contributed by atoms with Gasteiger partial charge in [0.1, 0.15) is 17.9 Å². The molecule has 0 N–H and O–H groups in total. The Morgan fingerprint density at radius 1 is 1.07 bits per heavy atom. The highest BCUT2D eigenvalue weighted by atomic mass is 31.2. The lowest BCUT2D eigenvalue weighted by atomic mass is 9.93. The van der Waals surface area contributed by atoms with Crippen molar-refractivity contribution in [3.63, 3.8) is 0 Å². The number of aliphatic imine (C=N–C) groups is 1. The van der Waals surface area contributed by atoms with Gasteiger partial charge in [0.05, 0.1) is 30.0 Å². The molecule has 7 nitrogen and oxygen atoms in total. The summed E-state index contributed by atoms with van der Waals surface area (Å²) < 4.78 is 84.0. The Morgan fingerprint density at radius 3 is 2.22 bits per heavy atom. The lowest BCUT2D eigenvalue weighted by Gasteiger charge is -2.33. The highest BCUT2D eigenvalue weighted by molar-refractivity contribution is 7.48. The second-order valence-corrected chi connectivity index (χ2v) is 14.5. The standard InChI is InChI=1S/C30H49F3NO6P/c1-10-11-12-13-22(2)19-36-26-15-14-24(18-25(26)30(31,32)33)16-17-29(20-37-23(3)34-29)21-38-41(35,39-27(4,5)6)40-28(7,8)9/h14-15,18,22H,10-13,16-17,19-21H2,1-9H3. The van der Waals surface area contributed by atoms with E-state index in [0.29, 0.717) is 17.9 Å². The van der Waals surface area contributed by atoms with E-state index in [1.807, 2.05) is 6.92 Å². The van der Waals surface area contributed by atoms with Crippen LogP contribution in [0.5, 0.6) is 5.75 Å². The third kappa shape index (κ3) is 12.7. The molecular weight excluding hydrogens is 558 g/mol. The Kier molecular flexibility index (Phi) is 12.4. The van der Waals surface area contributed by atoms with E-state index in [0.717, 1.165) is 31.7 Å². The van der Waals surface area contributed by atoms with Crippen LogP contribution in [0.2, 0.25) is 0 Å². The Bertz CT molecular complexity index is 1040. The average Bonchev–Trinajstić information content (AvgIpc) is 3.19. The Morgan fingerprint density at radius 2 is 1.71 bits per heavy atom. The largest absolute Gasteiger partial charge is 0.493 e. The molecule has 2 atom stereocenters. The summed E-state index contributed by atoms with van der Waals surface area (Å²) in [6, 6.07) is 4.17. The van der Waals surface area contributed by atoms with E-state index in [-0.39, 0.29) is 37.9 Å². The summed E-state index contributed by atoms with van der Waals surface area (Å²) in [6.45, 7) is 16.4. The van der Waals surface area contributed by atoms with Crippen molar-refractivity contribution in [2.24, 2.45) is 10.9 Å². The molecule has 11 heteroatoms. The van der Waals surface area contributed by atoms with Gasteiger partial charge in [0, 0.05) is 6.92 Å². The van der Waals surface area contributed by atoms with Gasteiger partial charge in [-0.05, 0) is 84.4 Å². The van der Waals surface area contributed by atoms with Gasteiger partial charge in [-0.25, -0.2) is 9.56 Å². The zero-order chi connectivity index (χ0) is 31.1. The smallest absolute Gasteiger partial charge is 0.475 e. The van der Waals surface area contributed by atoms with Crippen LogP contribution >= 0.6 is 7.82 Å². The Hall–Kier alpha value is -1.61. The van der Waals surface area contributed by atoms with Crippen molar-refractivity contribution >= 4 is 13.7 Å². The number of phosphoric acid groups is 1. The predicted octanol–water partition coefficient (Wildman–Crippen LogP) is 9.18. The number of ether oxygens (including phenoxy) is 2. The van der Waals surface area contributed by atoms with E-state index in [4.69, 9.17) is 23.0 Å². The van der Waals surface area contributed by atoms with E-state index in [1.54, 1.807) is 54.5 Å². The first-order valence-electron chi connectivity index (χ1n) is 14.4. The van der Waals surface area contributed by atoms with Crippen molar-refractivity contribution in [1.29, 1.82) is 0 Å². The number of unbranched alkanes of at least 4 members (excludes halogenated alkanes) is 2. The number of hydrogen-bond donors (Lipinski definition) is 0. The summed E-state index contributed by atoms with van der Waals surface area (Å²) in [5, 5.41) is 0. The van der Waals surface area contributed by atoms with Gasteiger partial charge in [-0.1, -0.05) is 39.2 Å². The summed E-state index contributed by atoms with van der Waals surface area (Å²) in [5.74, 6) is 0.412. The molecular formula is C30H49F3NO6P. The molecule has 1 aromatic carbocycles. The Balaban J connectivity index is 2.19. The topological polar surface area (TPSA) is 75.6 Å². The van der Waals surface area contributed by atoms with Crippen molar-refractivity contribution in [3.05, 3.63) is 29.3 Å². The van der Waals surface area contributed by atoms with Gasteiger partial charge in [-0.15, -0.1) is 0 Å². The molecule has 1 aliphatic rings. The van der Waals surface area contributed by atoms with E-state index < -0.39 is 36.3 Å². The quantitative estimate of drug-likeness (QED) is 0.146. The molecule has 0 amide bonds. The molecule has 1 aliphatic heterocycles. The fourth-order valence-corrected chi connectivity index (χ4v) is 6.25. The summed E-state index contributed by atoms with van der Waals surface area (Å²) in [4.78, 5) is 4.59. The third-order valence-electron chi connectivity index (χ3n) is 6.26. The second kappa shape index (κ2) is 14.2. The minimum Gasteiger partial charge on any atom is -0.493 e. The Labute approximate surface area is 244 Å². The molecule has 0 spiro atoms. The molecule has 1 heterocycles. The molecule has 1 aromatic rings. The SMILES string of the molecule is CCCCCC(C)COc1ccc(CCC2(COP(=O)(OC(C)(C)C)OC(C)(C)C)COC(C)=N2)cc1C(F)(F)F. The fourth-order valence-electron chi connectivity index (χ4n) is 4.37. The molecule has 236 valence electrons. The van der Waals surface area contributed by atoms with E-state index >= 15 is 0 Å². The van der Waals surface area contributed by atoms with E-state index in [1.165, 1.54) is 6.07 Å². The number of nitrogens with zero attached hydrogens (tertiary/aromatic N) is 1. The van der Waals surface area contributed by atoms with Crippen LogP contribution in [0, 0.1) is 5.92 Å². The van der Waals surface area contributed by atoms with Crippen molar-refractivity contribution in [1.82, 2.24) is 0 Å². The van der Waals surface area contributed by atoms with Gasteiger partial charge >= 0.3 is 14.0 Å². The maximum absolute atomic E-state index is 14.0. The highest BCUT2D eigenvalue weighted by Gasteiger charge is 2.43. The normalized spacial score (nSPS) is 19.2. The summed E-state index contributed by atoms with van der Waals surface area (Å²) in [7, 11) is -4.02. The number of rotatable bonds is 15. The second-order valence-electron chi connectivity index (χ2n) is 13.0. The number of hydrogen-bond acceptors (Lipinski definition) is 7. The molecule has 41 heavy (non-hydrogen) atoms. The van der Waals surface area contributed by atoms with Crippen LogP contribution in [0.15, 0.2) is 23.2 Å². The average molecular weight is 608 g/mol. The number of halogens is 3. The number of benzene rings is 1. The lowest BCUT2D eigenvalue weighted by molar-refractivity contribution is -0.139. The molecule has 2 unspecified atom stereocenters. The maximum Gasteiger partial charge on any atom is 0.475 e. The highest BCUT2D eigenvalue weighted by Crippen LogP contribution is 2.56. The van der Waals surface area contributed by atoms with Crippen molar-refractivity contribution in [2.45, 2.75) is 124 Å². The zero-order valence-electron chi connectivity index (χ0n) is 26.2. The van der Waals surface area contributed by atoms with Crippen LogP contribution in [0.25, 0.3) is 0 Å². The van der Waals surface area contributed by atoms with Crippen LogP contribution < -0.4 is 4.74 Å².